The molecule has 23 heavy (non-hydrogen) atoms. The van der Waals surface area contributed by atoms with E-state index in [0.717, 1.165) is 16.9 Å². The van der Waals surface area contributed by atoms with E-state index in [0.29, 0.717) is 10.7 Å². The van der Waals surface area contributed by atoms with E-state index in [1.165, 1.54) is 6.08 Å². The Balaban J connectivity index is 1.91. The smallest absolute Gasteiger partial charge is 0.185 e. The van der Waals surface area contributed by atoms with Gasteiger partial charge in [-0.1, -0.05) is 60.1 Å². The number of halogens is 1. The Morgan fingerprint density at radius 1 is 1.04 bits per heavy atom. The van der Waals surface area contributed by atoms with Crippen molar-refractivity contribution in [3.63, 3.8) is 0 Å². The van der Waals surface area contributed by atoms with Crippen LogP contribution in [0.4, 0.5) is 0 Å². The summed E-state index contributed by atoms with van der Waals surface area (Å²) in [4.78, 5) is 12.2. The molecular weight excluding hydrogens is 308 g/mol. The lowest BCUT2D eigenvalue weighted by molar-refractivity contribution is 0.104. The maximum absolute atomic E-state index is 12.2. The predicted molar refractivity (Wildman–Crippen MR) is 93.1 cm³/mol. The third-order valence-electron chi connectivity index (χ3n) is 3.51. The number of nitrogens with zero attached hydrogens (tertiary/aromatic N) is 2. The first-order valence-electron chi connectivity index (χ1n) is 7.25. The number of hydrogen-bond acceptors (Lipinski definition) is 2. The van der Waals surface area contributed by atoms with Gasteiger partial charge in [0.05, 0.1) is 11.4 Å². The SMILES string of the molecule is Cc1nn(-c2ccccc2)c(Cl)c1C=CC(=O)c1ccccc1. The molecule has 0 aliphatic heterocycles. The Labute approximate surface area is 139 Å². The normalized spacial score (nSPS) is 11.0. The van der Waals surface area contributed by atoms with Crippen molar-refractivity contribution >= 4 is 23.5 Å². The average molecular weight is 323 g/mol. The van der Waals surface area contributed by atoms with Gasteiger partial charge in [0.15, 0.2) is 5.78 Å². The number of aromatic nitrogens is 2. The zero-order valence-corrected chi connectivity index (χ0v) is 13.4. The van der Waals surface area contributed by atoms with Gasteiger partial charge in [-0.2, -0.15) is 5.10 Å². The third kappa shape index (κ3) is 3.25. The van der Waals surface area contributed by atoms with Crippen molar-refractivity contribution in [2.75, 3.05) is 0 Å². The van der Waals surface area contributed by atoms with Crippen molar-refractivity contribution < 1.29 is 4.79 Å². The number of carbonyl (C=O) groups is 1. The number of rotatable bonds is 4. The Morgan fingerprint density at radius 3 is 2.30 bits per heavy atom. The van der Waals surface area contributed by atoms with E-state index in [9.17, 15) is 4.79 Å². The van der Waals surface area contributed by atoms with E-state index in [2.05, 4.69) is 5.10 Å². The van der Waals surface area contributed by atoms with Gasteiger partial charge < -0.3 is 0 Å². The number of carbonyl (C=O) groups excluding carboxylic acids is 1. The van der Waals surface area contributed by atoms with Gasteiger partial charge in [-0.05, 0) is 31.2 Å². The van der Waals surface area contributed by atoms with Crippen LogP contribution in [0.3, 0.4) is 0 Å². The first-order chi connectivity index (χ1) is 11.2. The van der Waals surface area contributed by atoms with Crippen LogP contribution in [0.25, 0.3) is 11.8 Å². The van der Waals surface area contributed by atoms with Crippen molar-refractivity contribution in [3.8, 4) is 5.69 Å². The number of aryl methyl sites for hydroxylation is 1. The van der Waals surface area contributed by atoms with Crippen molar-refractivity contribution in [1.82, 2.24) is 9.78 Å². The molecule has 3 nitrogen and oxygen atoms in total. The van der Waals surface area contributed by atoms with Crippen LogP contribution in [-0.4, -0.2) is 15.6 Å². The molecule has 4 heteroatoms. The molecule has 0 N–H and O–H groups in total. The first-order valence-corrected chi connectivity index (χ1v) is 7.62. The Bertz CT molecular complexity index is 852. The number of hydrogen-bond donors (Lipinski definition) is 0. The maximum atomic E-state index is 12.2. The second-order valence-electron chi connectivity index (χ2n) is 5.10. The summed E-state index contributed by atoms with van der Waals surface area (Å²) in [7, 11) is 0. The maximum Gasteiger partial charge on any atom is 0.185 e. The number of benzene rings is 2. The van der Waals surface area contributed by atoms with E-state index in [-0.39, 0.29) is 5.78 Å². The fourth-order valence-electron chi connectivity index (χ4n) is 2.30. The van der Waals surface area contributed by atoms with Gasteiger partial charge in [0.25, 0.3) is 0 Å². The van der Waals surface area contributed by atoms with E-state index in [4.69, 9.17) is 11.6 Å². The quantitative estimate of drug-likeness (QED) is 0.514. The number of ketones is 1. The summed E-state index contributed by atoms with van der Waals surface area (Å²) in [6.07, 6.45) is 3.25. The molecule has 114 valence electrons. The van der Waals surface area contributed by atoms with Crippen LogP contribution < -0.4 is 0 Å². The molecule has 0 saturated carbocycles. The van der Waals surface area contributed by atoms with Gasteiger partial charge in [0.1, 0.15) is 5.15 Å². The fourth-order valence-corrected chi connectivity index (χ4v) is 2.63. The van der Waals surface area contributed by atoms with Crippen LogP contribution in [0.5, 0.6) is 0 Å². The molecule has 0 amide bonds. The van der Waals surface area contributed by atoms with E-state index in [1.54, 1.807) is 22.9 Å². The van der Waals surface area contributed by atoms with Crippen molar-refractivity contribution in [2.45, 2.75) is 6.92 Å². The van der Waals surface area contributed by atoms with E-state index in [1.807, 2.05) is 55.5 Å². The lowest BCUT2D eigenvalue weighted by atomic mass is 10.1. The molecule has 0 bridgehead atoms. The molecule has 0 aliphatic rings. The Morgan fingerprint density at radius 2 is 1.65 bits per heavy atom. The summed E-state index contributed by atoms with van der Waals surface area (Å²) >= 11 is 6.43. The first kappa shape index (κ1) is 15.3. The third-order valence-corrected chi connectivity index (χ3v) is 3.87. The highest BCUT2D eigenvalue weighted by Crippen LogP contribution is 2.24. The van der Waals surface area contributed by atoms with E-state index >= 15 is 0 Å². The van der Waals surface area contributed by atoms with Gasteiger partial charge in [-0.25, -0.2) is 4.68 Å². The molecule has 0 saturated heterocycles. The highest BCUT2D eigenvalue weighted by atomic mass is 35.5. The molecule has 0 atom stereocenters. The lowest BCUT2D eigenvalue weighted by Crippen LogP contribution is -1.95. The molecule has 2 aromatic carbocycles. The standard InChI is InChI=1S/C19H15ClN2O/c1-14-17(12-13-18(23)15-8-4-2-5-9-15)19(20)22(21-14)16-10-6-3-7-11-16/h2-13H,1H3. The molecule has 0 fully saturated rings. The second kappa shape index (κ2) is 6.63. The van der Waals surface area contributed by atoms with Gasteiger partial charge in [-0.15, -0.1) is 0 Å². The van der Waals surface area contributed by atoms with Crippen LogP contribution in [0.2, 0.25) is 5.15 Å². The monoisotopic (exact) mass is 322 g/mol. The fraction of sp³-hybridized carbons (Fsp3) is 0.0526. The molecule has 3 aromatic rings. The zero-order valence-electron chi connectivity index (χ0n) is 12.6. The Kier molecular flexibility index (Phi) is 4.40. The van der Waals surface area contributed by atoms with Crippen LogP contribution in [0.15, 0.2) is 66.7 Å². The summed E-state index contributed by atoms with van der Waals surface area (Å²) in [6, 6.07) is 18.8. The predicted octanol–water partition coefficient (Wildman–Crippen LogP) is 4.73. The molecule has 1 aromatic heterocycles. The van der Waals surface area contributed by atoms with Crippen LogP contribution in [0, 0.1) is 6.92 Å². The van der Waals surface area contributed by atoms with Gasteiger partial charge >= 0.3 is 0 Å². The molecular formula is C19H15ClN2O. The highest BCUT2D eigenvalue weighted by Gasteiger charge is 2.12. The summed E-state index contributed by atoms with van der Waals surface area (Å²) in [6.45, 7) is 1.87. The molecule has 0 unspecified atom stereocenters. The highest BCUT2D eigenvalue weighted by molar-refractivity contribution is 6.31. The second-order valence-corrected chi connectivity index (χ2v) is 5.46. The molecule has 0 aliphatic carbocycles. The largest absolute Gasteiger partial charge is 0.289 e. The lowest BCUT2D eigenvalue weighted by Gasteiger charge is -2.01. The van der Waals surface area contributed by atoms with Crippen molar-refractivity contribution in [1.29, 1.82) is 0 Å². The van der Waals surface area contributed by atoms with Gasteiger partial charge in [-0.3, -0.25) is 4.79 Å². The van der Waals surface area contributed by atoms with Crippen LogP contribution in [-0.2, 0) is 0 Å². The molecule has 3 rings (SSSR count). The minimum absolute atomic E-state index is 0.0615. The van der Waals surface area contributed by atoms with Crippen LogP contribution >= 0.6 is 11.6 Å². The summed E-state index contributed by atoms with van der Waals surface area (Å²) in [5.74, 6) is -0.0615. The minimum atomic E-state index is -0.0615. The minimum Gasteiger partial charge on any atom is -0.289 e. The van der Waals surface area contributed by atoms with Gasteiger partial charge in [0, 0.05) is 11.1 Å². The van der Waals surface area contributed by atoms with E-state index < -0.39 is 0 Å². The topological polar surface area (TPSA) is 34.9 Å². The number of para-hydroxylation sites is 1. The molecule has 0 spiro atoms. The Hall–Kier alpha value is -2.65. The van der Waals surface area contributed by atoms with Crippen molar-refractivity contribution in [2.24, 2.45) is 0 Å². The number of allylic oxidation sites excluding steroid dienone is 1. The van der Waals surface area contributed by atoms with Crippen molar-refractivity contribution in [3.05, 3.63) is 88.7 Å². The molecule has 0 radical (unpaired) electrons. The van der Waals surface area contributed by atoms with Gasteiger partial charge in [0.2, 0.25) is 0 Å². The summed E-state index contributed by atoms with van der Waals surface area (Å²) in [5, 5.41) is 4.94. The molecule has 1 heterocycles. The van der Waals surface area contributed by atoms with Crippen LogP contribution in [0.1, 0.15) is 21.6 Å². The summed E-state index contributed by atoms with van der Waals surface area (Å²) in [5.41, 5.74) is 3.05. The summed E-state index contributed by atoms with van der Waals surface area (Å²) < 4.78 is 1.67. The zero-order chi connectivity index (χ0) is 16.2. The average Bonchev–Trinajstić information content (AvgIpc) is 2.88.